The summed E-state index contributed by atoms with van der Waals surface area (Å²) in [5.41, 5.74) is 3.59. The van der Waals surface area contributed by atoms with Gasteiger partial charge in [-0.15, -0.1) is 0 Å². The molecule has 0 aromatic heterocycles. The zero-order valence-electron chi connectivity index (χ0n) is 19.3. The number of urea groups is 1. The molecular weight excluding hydrogens is 464 g/mol. The number of halogens is 1. The Morgan fingerprint density at radius 3 is 2.40 bits per heavy atom. The molecule has 0 saturated heterocycles. The molecule has 8 nitrogen and oxygen atoms in total. The van der Waals surface area contributed by atoms with Gasteiger partial charge in [-0.2, -0.15) is 0 Å². The van der Waals surface area contributed by atoms with Crippen LogP contribution in [0, 0.1) is 19.7 Å². The van der Waals surface area contributed by atoms with Gasteiger partial charge in [0.2, 0.25) is 0 Å². The van der Waals surface area contributed by atoms with Crippen LogP contribution >= 0.6 is 0 Å². The average molecular weight is 491 g/mol. The van der Waals surface area contributed by atoms with Crippen LogP contribution in [0.15, 0.2) is 48.2 Å². The molecule has 0 radical (unpaired) electrons. The number of rotatable bonds is 6. The molecule has 2 aromatic rings. The first-order valence-electron chi connectivity index (χ1n) is 10.6. The molecule has 3 rings (SSSR count). The molecule has 3 N–H and O–H groups in total. The molecule has 0 fully saturated rings. The number of carboxylic acid groups (broad SMARTS) is 1. The first-order valence-corrected chi connectivity index (χ1v) is 10.6. The van der Waals surface area contributed by atoms with Crippen molar-refractivity contribution in [1.82, 2.24) is 15.5 Å². The summed E-state index contributed by atoms with van der Waals surface area (Å²) in [6, 6.07) is 6.47. The molecule has 1 aliphatic heterocycles. The van der Waals surface area contributed by atoms with Gasteiger partial charge in [-0.1, -0.05) is 24.3 Å². The second-order valence-corrected chi connectivity index (χ2v) is 8.27. The molecule has 1 unspecified atom stereocenters. The number of aliphatic carboxylic acids is 1. The minimum absolute atomic E-state index is 0. The van der Waals surface area contributed by atoms with Gasteiger partial charge in [0.1, 0.15) is 5.82 Å². The molecule has 2 aromatic carbocycles. The van der Waals surface area contributed by atoms with Crippen molar-refractivity contribution in [3.05, 3.63) is 70.7 Å². The second kappa shape index (κ2) is 11.6. The van der Waals surface area contributed by atoms with E-state index >= 15 is 0 Å². The standard InChI is InChI=1S/C25H26FN3O5.Na.H/c1-13-7-5-6-8-17(13)18-10-16(26)11-19(15(18)3)20(12-22(31)32)27-25(34)28-23-21(30)9-14(2)29(4)24(23)33;;/h5-11,20,23H,12H2,1-4H3,(H,31,32)(H2,27,28,34);;/t20-,23?;;/m0../s1. The summed E-state index contributed by atoms with van der Waals surface area (Å²) < 4.78 is 14.6. The third-order valence-corrected chi connectivity index (χ3v) is 5.93. The molecule has 0 spiro atoms. The number of aryl methyl sites for hydroxylation is 1. The van der Waals surface area contributed by atoms with Crippen molar-refractivity contribution in [2.24, 2.45) is 0 Å². The summed E-state index contributed by atoms with van der Waals surface area (Å²) in [5.74, 6) is -3.00. The fraction of sp³-hybridized carbons (Fsp3) is 0.280. The molecule has 1 aliphatic rings. The fourth-order valence-corrected chi connectivity index (χ4v) is 3.97. The monoisotopic (exact) mass is 491 g/mol. The van der Waals surface area contributed by atoms with Crippen LogP contribution in [0.4, 0.5) is 9.18 Å². The van der Waals surface area contributed by atoms with Gasteiger partial charge in [0.25, 0.3) is 5.91 Å². The van der Waals surface area contributed by atoms with E-state index < -0.39 is 48.0 Å². The number of benzene rings is 2. The molecule has 0 bridgehead atoms. The number of likely N-dealkylation sites (N-methyl/N-ethyl adjacent to an activating group) is 1. The number of nitrogens with zero attached hydrogens (tertiary/aromatic N) is 1. The third-order valence-electron chi connectivity index (χ3n) is 5.93. The van der Waals surface area contributed by atoms with E-state index in [-0.39, 0.29) is 35.1 Å². The van der Waals surface area contributed by atoms with Crippen molar-refractivity contribution in [3.8, 4) is 11.1 Å². The van der Waals surface area contributed by atoms with E-state index in [0.717, 1.165) is 11.1 Å². The molecule has 2 atom stereocenters. The Morgan fingerprint density at radius 1 is 1.11 bits per heavy atom. The van der Waals surface area contributed by atoms with Crippen LogP contribution in [0.2, 0.25) is 0 Å². The van der Waals surface area contributed by atoms with E-state index in [2.05, 4.69) is 10.6 Å². The van der Waals surface area contributed by atoms with Crippen molar-refractivity contribution in [2.75, 3.05) is 7.05 Å². The Morgan fingerprint density at radius 2 is 1.77 bits per heavy atom. The Bertz CT molecular complexity index is 1210. The van der Waals surface area contributed by atoms with Gasteiger partial charge in [-0.3, -0.25) is 14.4 Å². The molecule has 35 heavy (non-hydrogen) atoms. The van der Waals surface area contributed by atoms with Crippen molar-refractivity contribution >= 4 is 53.2 Å². The van der Waals surface area contributed by atoms with Crippen LogP contribution in [0.1, 0.15) is 36.1 Å². The summed E-state index contributed by atoms with van der Waals surface area (Å²) in [5, 5.41) is 14.2. The normalized spacial score (nSPS) is 16.2. The molecule has 0 saturated carbocycles. The van der Waals surface area contributed by atoms with Gasteiger partial charge in [0, 0.05) is 18.8 Å². The minimum atomic E-state index is -1.43. The number of amides is 3. The average Bonchev–Trinajstić information content (AvgIpc) is 2.76. The zero-order chi connectivity index (χ0) is 25.2. The first-order chi connectivity index (χ1) is 16.0. The van der Waals surface area contributed by atoms with Crippen LogP contribution in [-0.2, 0) is 14.4 Å². The number of allylic oxidation sites excluding steroid dienone is 1. The molecule has 1 heterocycles. The van der Waals surface area contributed by atoms with Crippen LogP contribution in [0.5, 0.6) is 0 Å². The Kier molecular flexibility index (Phi) is 9.37. The topological polar surface area (TPSA) is 116 Å². The Balaban J connectivity index is 0.00000432. The maximum absolute atomic E-state index is 14.6. The van der Waals surface area contributed by atoms with Crippen LogP contribution in [-0.4, -0.2) is 76.3 Å². The van der Waals surface area contributed by atoms with E-state index in [1.54, 1.807) is 13.8 Å². The number of carboxylic acids is 1. The molecule has 10 heteroatoms. The van der Waals surface area contributed by atoms with Crippen LogP contribution in [0.3, 0.4) is 0 Å². The quantitative estimate of drug-likeness (QED) is 0.424. The van der Waals surface area contributed by atoms with Crippen molar-refractivity contribution in [2.45, 2.75) is 39.3 Å². The van der Waals surface area contributed by atoms with Gasteiger partial charge >= 0.3 is 41.6 Å². The van der Waals surface area contributed by atoms with E-state index in [4.69, 9.17) is 0 Å². The number of carbonyl (C=O) groups excluding carboxylic acids is 3. The maximum atomic E-state index is 14.6. The van der Waals surface area contributed by atoms with E-state index in [0.29, 0.717) is 16.8 Å². The number of ketones is 1. The fourth-order valence-electron chi connectivity index (χ4n) is 3.97. The van der Waals surface area contributed by atoms with Crippen molar-refractivity contribution in [1.29, 1.82) is 0 Å². The van der Waals surface area contributed by atoms with Gasteiger partial charge in [0.15, 0.2) is 11.8 Å². The summed E-state index contributed by atoms with van der Waals surface area (Å²) in [4.78, 5) is 50.2. The number of hydrogen-bond acceptors (Lipinski definition) is 4. The number of carbonyl (C=O) groups is 4. The third kappa shape index (κ3) is 6.36. The summed E-state index contributed by atoms with van der Waals surface area (Å²) >= 11 is 0. The molecular formula is C25H27FN3NaO5. The van der Waals surface area contributed by atoms with E-state index in [1.807, 2.05) is 31.2 Å². The second-order valence-electron chi connectivity index (χ2n) is 8.27. The molecule has 180 valence electrons. The molecule has 0 aliphatic carbocycles. The number of hydrogen-bond donors (Lipinski definition) is 3. The van der Waals surface area contributed by atoms with Crippen molar-refractivity contribution in [3.63, 3.8) is 0 Å². The SMILES string of the molecule is CC1=CC(=O)C(NC(=O)N[C@@H](CC(=O)O)c2cc(F)cc(-c3ccccc3C)c2C)C(=O)N1C.[NaH]. The first kappa shape index (κ1) is 28.2. The van der Waals surface area contributed by atoms with E-state index in [9.17, 15) is 28.7 Å². The van der Waals surface area contributed by atoms with Gasteiger partial charge < -0.3 is 20.6 Å². The van der Waals surface area contributed by atoms with Crippen molar-refractivity contribution < 1.29 is 28.7 Å². The van der Waals surface area contributed by atoms with Gasteiger partial charge in [0.05, 0.1) is 12.5 Å². The van der Waals surface area contributed by atoms with Gasteiger partial charge in [-0.05, 0) is 60.7 Å². The summed E-state index contributed by atoms with van der Waals surface area (Å²) in [7, 11) is 1.48. The van der Waals surface area contributed by atoms with Crippen LogP contribution < -0.4 is 10.6 Å². The Hall–Kier alpha value is -3.01. The molecule has 3 amide bonds. The summed E-state index contributed by atoms with van der Waals surface area (Å²) in [6.45, 7) is 5.20. The predicted octanol–water partition coefficient (Wildman–Crippen LogP) is 2.59. The Labute approximate surface area is 224 Å². The van der Waals surface area contributed by atoms with Crippen LogP contribution in [0.25, 0.3) is 11.1 Å². The predicted molar refractivity (Wildman–Crippen MR) is 130 cm³/mol. The summed E-state index contributed by atoms with van der Waals surface area (Å²) in [6.07, 6.45) is 0.711. The van der Waals surface area contributed by atoms with E-state index in [1.165, 1.54) is 30.2 Å². The number of nitrogens with one attached hydrogen (secondary N) is 2. The zero-order valence-corrected chi connectivity index (χ0v) is 19.3. The van der Waals surface area contributed by atoms with Gasteiger partial charge in [-0.25, -0.2) is 9.18 Å².